The molecule has 1 N–H and O–H groups in total. The molecule has 3 rings (SSSR count). The zero-order valence-corrected chi connectivity index (χ0v) is 17.9. The lowest BCUT2D eigenvalue weighted by Crippen LogP contribution is -2.50. The number of carbonyl (C=O) groups excluding carboxylic acids is 2. The second-order valence-corrected chi connectivity index (χ2v) is 8.74. The molecule has 0 bridgehead atoms. The van der Waals surface area contributed by atoms with Crippen LogP contribution in [-0.4, -0.2) is 40.8 Å². The van der Waals surface area contributed by atoms with E-state index in [0.717, 1.165) is 36.3 Å². The van der Waals surface area contributed by atoms with Crippen LogP contribution in [0, 0.1) is 12.8 Å². The van der Waals surface area contributed by atoms with Gasteiger partial charge >= 0.3 is 6.18 Å². The van der Waals surface area contributed by atoms with Crippen molar-refractivity contribution >= 4 is 23.2 Å². The number of aryl methyl sites for hydroxylation is 1. The third-order valence-electron chi connectivity index (χ3n) is 5.10. The van der Waals surface area contributed by atoms with Crippen molar-refractivity contribution in [2.75, 3.05) is 13.1 Å². The number of amides is 2. The van der Waals surface area contributed by atoms with Crippen LogP contribution in [-0.2, 0) is 11.0 Å². The van der Waals surface area contributed by atoms with Crippen LogP contribution in [0.1, 0.15) is 47.6 Å². The van der Waals surface area contributed by atoms with E-state index in [9.17, 15) is 22.8 Å². The van der Waals surface area contributed by atoms with Gasteiger partial charge in [0.05, 0.1) is 11.3 Å². The molecule has 0 saturated carbocycles. The summed E-state index contributed by atoms with van der Waals surface area (Å²) in [6.45, 7) is 6.84. The van der Waals surface area contributed by atoms with Gasteiger partial charge in [-0.05, 0) is 37.8 Å². The number of alkyl halides is 3. The summed E-state index contributed by atoms with van der Waals surface area (Å²) in [5.74, 6) is -0.556. The Morgan fingerprint density at radius 1 is 1.13 bits per heavy atom. The first-order valence-electron chi connectivity index (χ1n) is 9.82. The normalized spacial score (nSPS) is 15.5. The zero-order valence-electron chi connectivity index (χ0n) is 17.0. The Bertz CT molecular complexity index is 917. The molecule has 1 aliphatic rings. The molecule has 0 radical (unpaired) electrons. The first-order chi connectivity index (χ1) is 14.1. The standard InChI is InChI=1S/C21H24F3N3O2S/c1-12(2)16(20(29)27-10-4-5-11-27)26-18(28)17-13(3)25-19(30-17)14-6-8-15(9-7-14)21(22,23)24/h6-9,12,16H,4-5,10-11H2,1-3H3,(H,26,28)/t16-/m0/s1. The lowest BCUT2D eigenvalue weighted by atomic mass is 10.0. The van der Waals surface area contributed by atoms with Crippen LogP contribution in [0.25, 0.3) is 10.6 Å². The molecule has 2 aromatic rings. The maximum Gasteiger partial charge on any atom is 0.416 e. The third kappa shape index (κ3) is 4.83. The van der Waals surface area contributed by atoms with E-state index in [0.29, 0.717) is 34.2 Å². The number of hydrogen-bond donors (Lipinski definition) is 1. The number of hydrogen-bond acceptors (Lipinski definition) is 4. The molecule has 0 unspecified atom stereocenters. The molecule has 1 aliphatic heterocycles. The van der Waals surface area contributed by atoms with Gasteiger partial charge in [0.2, 0.25) is 5.91 Å². The minimum Gasteiger partial charge on any atom is -0.341 e. The highest BCUT2D eigenvalue weighted by atomic mass is 32.1. The average Bonchev–Trinajstić information content (AvgIpc) is 3.34. The van der Waals surface area contributed by atoms with Gasteiger partial charge < -0.3 is 10.2 Å². The van der Waals surface area contributed by atoms with Crippen molar-refractivity contribution in [2.24, 2.45) is 5.92 Å². The van der Waals surface area contributed by atoms with Crippen molar-refractivity contribution in [1.82, 2.24) is 15.2 Å². The molecule has 2 amide bonds. The van der Waals surface area contributed by atoms with Crippen molar-refractivity contribution in [2.45, 2.75) is 45.8 Å². The van der Waals surface area contributed by atoms with Gasteiger partial charge in [0.1, 0.15) is 15.9 Å². The fourth-order valence-electron chi connectivity index (χ4n) is 3.39. The molecule has 0 spiro atoms. The molecule has 9 heteroatoms. The summed E-state index contributed by atoms with van der Waals surface area (Å²) < 4.78 is 38.3. The summed E-state index contributed by atoms with van der Waals surface area (Å²) in [6.07, 6.45) is -2.47. The molecule has 1 saturated heterocycles. The molecule has 2 heterocycles. The van der Waals surface area contributed by atoms with E-state index in [1.807, 2.05) is 13.8 Å². The molecule has 30 heavy (non-hydrogen) atoms. The van der Waals surface area contributed by atoms with Gasteiger partial charge in [-0.25, -0.2) is 4.98 Å². The minimum absolute atomic E-state index is 0.0790. The van der Waals surface area contributed by atoms with E-state index in [1.54, 1.807) is 11.8 Å². The van der Waals surface area contributed by atoms with Crippen LogP contribution in [0.4, 0.5) is 13.2 Å². The summed E-state index contributed by atoms with van der Waals surface area (Å²) in [5, 5.41) is 3.29. The number of likely N-dealkylation sites (tertiary alicyclic amines) is 1. The lowest BCUT2D eigenvalue weighted by molar-refractivity contribution is -0.137. The molecule has 0 aliphatic carbocycles. The van der Waals surface area contributed by atoms with Gasteiger partial charge in [-0.3, -0.25) is 9.59 Å². The third-order valence-corrected chi connectivity index (χ3v) is 6.30. The van der Waals surface area contributed by atoms with Crippen LogP contribution in [0.15, 0.2) is 24.3 Å². The number of thiazole rings is 1. The number of aromatic nitrogens is 1. The highest BCUT2D eigenvalue weighted by Gasteiger charge is 2.32. The highest BCUT2D eigenvalue weighted by Crippen LogP contribution is 2.33. The number of benzene rings is 1. The van der Waals surface area contributed by atoms with Gasteiger partial charge in [0.15, 0.2) is 0 Å². The number of nitrogens with zero attached hydrogens (tertiary/aromatic N) is 2. The largest absolute Gasteiger partial charge is 0.416 e. The molecule has 1 aromatic carbocycles. The second-order valence-electron chi connectivity index (χ2n) is 7.74. The van der Waals surface area contributed by atoms with Crippen molar-refractivity contribution < 1.29 is 22.8 Å². The number of nitrogens with one attached hydrogen (secondary N) is 1. The Morgan fingerprint density at radius 3 is 2.27 bits per heavy atom. The summed E-state index contributed by atoms with van der Waals surface area (Å²) in [7, 11) is 0. The molecule has 162 valence electrons. The van der Waals surface area contributed by atoms with Gasteiger partial charge in [0.25, 0.3) is 5.91 Å². The molecule has 1 atom stereocenters. The van der Waals surface area contributed by atoms with E-state index in [-0.39, 0.29) is 11.8 Å². The van der Waals surface area contributed by atoms with Crippen molar-refractivity contribution in [3.8, 4) is 10.6 Å². The Morgan fingerprint density at radius 2 is 1.73 bits per heavy atom. The van der Waals surface area contributed by atoms with Crippen LogP contribution < -0.4 is 5.32 Å². The van der Waals surface area contributed by atoms with E-state index in [4.69, 9.17) is 0 Å². The molecular weight excluding hydrogens is 415 g/mol. The quantitative estimate of drug-likeness (QED) is 0.746. The van der Waals surface area contributed by atoms with E-state index in [2.05, 4.69) is 10.3 Å². The average molecular weight is 440 g/mol. The maximum absolute atomic E-state index is 12.9. The Hall–Kier alpha value is -2.42. The summed E-state index contributed by atoms with van der Waals surface area (Å²) >= 11 is 1.10. The maximum atomic E-state index is 12.9. The smallest absolute Gasteiger partial charge is 0.341 e. The first kappa shape index (κ1) is 22.3. The second kappa shape index (κ2) is 8.75. The Kier molecular flexibility index (Phi) is 6.50. The Balaban J connectivity index is 1.78. The van der Waals surface area contributed by atoms with Gasteiger partial charge in [-0.15, -0.1) is 11.3 Å². The van der Waals surface area contributed by atoms with E-state index >= 15 is 0 Å². The Labute approximate surface area is 177 Å². The van der Waals surface area contributed by atoms with Crippen LogP contribution in [0.3, 0.4) is 0 Å². The van der Waals surface area contributed by atoms with Gasteiger partial charge in [-0.1, -0.05) is 26.0 Å². The highest BCUT2D eigenvalue weighted by molar-refractivity contribution is 7.17. The van der Waals surface area contributed by atoms with Crippen molar-refractivity contribution in [3.63, 3.8) is 0 Å². The van der Waals surface area contributed by atoms with Gasteiger partial charge in [-0.2, -0.15) is 13.2 Å². The number of rotatable bonds is 5. The van der Waals surface area contributed by atoms with E-state index < -0.39 is 23.7 Å². The SMILES string of the molecule is Cc1nc(-c2ccc(C(F)(F)F)cc2)sc1C(=O)N[C@H](C(=O)N1CCCC1)C(C)C. The topological polar surface area (TPSA) is 62.3 Å². The predicted octanol–water partition coefficient (Wildman–Crippen LogP) is 4.51. The summed E-state index contributed by atoms with van der Waals surface area (Å²) in [6, 6.07) is 4.05. The molecule has 5 nitrogen and oxygen atoms in total. The zero-order chi connectivity index (χ0) is 22.1. The number of carbonyl (C=O) groups is 2. The van der Waals surface area contributed by atoms with Crippen molar-refractivity contribution in [3.05, 3.63) is 40.4 Å². The van der Waals surface area contributed by atoms with Crippen LogP contribution >= 0.6 is 11.3 Å². The van der Waals surface area contributed by atoms with Crippen LogP contribution in [0.5, 0.6) is 0 Å². The monoisotopic (exact) mass is 439 g/mol. The first-order valence-corrected chi connectivity index (χ1v) is 10.6. The molecule has 1 fully saturated rings. The molecule has 1 aromatic heterocycles. The number of halogens is 3. The van der Waals surface area contributed by atoms with Crippen LogP contribution in [0.2, 0.25) is 0 Å². The minimum atomic E-state index is -4.41. The van der Waals surface area contributed by atoms with E-state index in [1.165, 1.54) is 12.1 Å². The van der Waals surface area contributed by atoms with Gasteiger partial charge in [0, 0.05) is 18.7 Å². The summed E-state index contributed by atoms with van der Waals surface area (Å²) in [4.78, 5) is 32.1. The predicted molar refractivity (Wildman–Crippen MR) is 109 cm³/mol. The fourth-order valence-corrected chi connectivity index (χ4v) is 4.36. The summed E-state index contributed by atoms with van der Waals surface area (Å²) in [5.41, 5.74) is 0.241. The lowest BCUT2D eigenvalue weighted by Gasteiger charge is -2.26. The molecular formula is C21H24F3N3O2S. The van der Waals surface area contributed by atoms with Crippen molar-refractivity contribution in [1.29, 1.82) is 0 Å². The fraction of sp³-hybridized carbons (Fsp3) is 0.476.